The molecule has 0 rings (SSSR count). The van der Waals surface area contributed by atoms with E-state index in [1.807, 2.05) is 0 Å². The molecule has 1 nitrogen and oxygen atoms in total. The van der Waals surface area contributed by atoms with Crippen molar-refractivity contribution in [3.05, 3.63) is 0 Å². The van der Waals surface area contributed by atoms with E-state index in [-0.39, 0.29) is 0 Å². The molecule has 0 unspecified atom stereocenters. The molecule has 0 aliphatic heterocycles. The fraction of sp³-hybridized carbons (Fsp3) is 1.00. The summed E-state index contributed by atoms with van der Waals surface area (Å²) >= 11 is 0. The van der Waals surface area contributed by atoms with Crippen molar-refractivity contribution in [2.45, 2.75) is 104 Å². The number of unbranched alkanes of at least 4 members (excludes halogenated alkanes) is 13. The highest BCUT2D eigenvalue weighted by atomic mass is 15.1. The van der Waals surface area contributed by atoms with Crippen LogP contribution in [0.1, 0.15) is 104 Å². The highest BCUT2D eigenvalue weighted by Crippen LogP contribution is 2.12. The average molecular weight is 284 g/mol. The zero-order valence-corrected chi connectivity index (χ0v) is 14.8. The van der Waals surface area contributed by atoms with Crippen molar-refractivity contribution in [1.82, 2.24) is 4.90 Å². The van der Waals surface area contributed by atoms with Crippen LogP contribution in [-0.2, 0) is 0 Å². The maximum absolute atomic E-state index is 2.42. The third-order valence-corrected chi connectivity index (χ3v) is 4.43. The minimum Gasteiger partial charge on any atom is -0.307 e. The van der Waals surface area contributed by atoms with E-state index >= 15 is 0 Å². The van der Waals surface area contributed by atoms with Crippen LogP contribution in [0.2, 0.25) is 0 Å². The fourth-order valence-electron chi connectivity index (χ4n) is 2.73. The number of nitrogens with zero attached hydrogens (tertiary/aromatic N) is 1. The largest absolute Gasteiger partial charge is 0.307 e. The molecular weight excluding hydrogens is 242 g/mol. The van der Waals surface area contributed by atoms with Gasteiger partial charge < -0.3 is 4.90 Å². The van der Waals surface area contributed by atoms with Gasteiger partial charge in [-0.3, -0.25) is 0 Å². The second kappa shape index (κ2) is 17.0. The van der Waals surface area contributed by atoms with Crippen molar-refractivity contribution in [3.63, 3.8) is 0 Å². The van der Waals surface area contributed by atoms with Gasteiger partial charge in [-0.15, -0.1) is 0 Å². The minimum atomic E-state index is 1.19. The summed E-state index contributed by atoms with van der Waals surface area (Å²) in [6.07, 6.45) is 20.3. The van der Waals surface area contributed by atoms with Crippen molar-refractivity contribution in [2.24, 2.45) is 0 Å². The molecule has 122 valence electrons. The van der Waals surface area contributed by atoms with Gasteiger partial charge in [-0.2, -0.15) is 0 Å². The zero-order chi connectivity index (χ0) is 14.9. The Morgan fingerprint density at radius 3 is 1.20 bits per heavy atom. The third kappa shape index (κ3) is 16.0. The lowest BCUT2D eigenvalue weighted by Gasteiger charge is -2.12. The highest BCUT2D eigenvalue weighted by molar-refractivity contribution is 4.51. The van der Waals surface area contributed by atoms with Crippen LogP contribution < -0.4 is 0 Å². The smallest absolute Gasteiger partial charge is 0.00219 e. The first-order valence-electron chi connectivity index (χ1n) is 9.49. The van der Waals surface area contributed by atoms with Crippen molar-refractivity contribution in [3.8, 4) is 0 Å². The maximum Gasteiger partial charge on any atom is -0.00219 e. The number of hydrogen-bond acceptors (Lipinski definition) is 1. The number of hydrogen-bond donors (Lipinski definition) is 0. The Bertz CT molecular complexity index is 167. The molecule has 0 bridgehead atoms. The molecule has 0 amide bonds. The Morgan fingerprint density at radius 2 is 0.850 bits per heavy atom. The molecule has 1 heteroatoms. The first-order valence-corrected chi connectivity index (χ1v) is 9.49. The molecule has 0 spiro atoms. The topological polar surface area (TPSA) is 3.24 Å². The van der Waals surface area contributed by atoms with Gasteiger partial charge in [0.15, 0.2) is 0 Å². The predicted molar refractivity (Wildman–Crippen MR) is 93.5 cm³/mol. The fourth-order valence-corrected chi connectivity index (χ4v) is 2.73. The van der Waals surface area contributed by atoms with Crippen molar-refractivity contribution >= 4 is 0 Å². The van der Waals surface area contributed by atoms with Crippen LogP contribution in [-0.4, -0.2) is 25.0 Å². The summed E-state index contributed by atoms with van der Waals surface area (Å²) < 4.78 is 0. The van der Waals surface area contributed by atoms with E-state index in [2.05, 4.69) is 25.8 Å². The summed E-state index contributed by atoms with van der Waals surface area (Å²) in [5.41, 5.74) is 0. The van der Waals surface area contributed by atoms with Crippen LogP contribution in [0.4, 0.5) is 0 Å². The Labute approximate surface area is 129 Å². The lowest BCUT2D eigenvalue weighted by molar-refractivity contribution is 0.340. The van der Waals surface area contributed by atoms with E-state index < -0.39 is 0 Å². The van der Waals surface area contributed by atoms with Crippen molar-refractivity contribution < 1.29 is 0 Å². The summed E-state index contributed by atoms with van der Waals surface area (Å²) in [4.78, 5) is 2.42. The molecule has 0 aromatic rings. The predicted octanol–water partition coefficient (Wildman–Crippen LogP) is 6.42. The second-order valence-corrected chi connectivity index (χ2v) is 6.49. The van der Waals surface area contributed by atoms with Crippen molar-refractivity contribution in [2.75, 3.05) is 20.1 Å². The first-order chi connectivity index (χ1) is 9.81. The highest BCUT2D eigenvalue weighted by Gasteiger charge is 1.95. The molecule has 0 heterocycles. The second-order valence-electron chi connectivity index (χ2n) is 6.49. The van der Waals surface area contributed by atoms with Crippen LogP contribution >= 0.6 is 0 Å². The summed E-state index contributed by atoms with van der Waals surface area (Å²) in [6, 6.07) is 0. The van der Waals surface area contributed by atoms with Crippen LogP contribution in [0.25, 0.3) is 0 Å². The minimum absolute atomic E-state index is 1.19. The molecule has 0 saturated heterocycles. The van der Waals surface area contributed by atoms with Gasteiger partial charge in [-0.1, -0.05) is 97.3 Å². The molecule has 0 atom stereocenters. The standard InChI is InChI=1S/C19H41N/c1-4-6-7-8-9-10-11-12-13-14-15-16-17-18-19-20(3)5-2/h4-19H2,1-3H3. The van der Waals surface area contributed by atoms with Gasteiger partial charge in [-0.25, -0.2) is 0 Å². The van der Waals surface area contributed by atoms with Crippen molar-refractivity contribution in [1.29, 1.82) is 0 Å². The van der Waals surface area contributed by atoms with Crippen LogP contribution in [0.15, 0.2) is 0 Å². The van der Waals surface area contributed by atoms with Crippen LogP contribution in [0.3, 0.4) is 0 Å². The normalized spacial score (nSPS) is 11.4. The molecule has 20 heavy (non-hydrogen) atoms. The monoisotopic (exact) mass is 283 g/mol. The molecule has 0 fully saturated rings. The van der Waals surface area contributed by atoms with Gasteiger partial charge in [0.1, 0.15) is 0 Å². The Balaban J connectivity index is 2.96. The number of rotatable bonds is 16. The first kappa shape index (κ1) is 20.0. The molecule has 0 saturated carbocycles. The molecular formula is C19H41N. The van der Waals surface area contributed by atoms with E-state index in [0.717, 1.165) is 0 Å². The third-order valence-electron chi connectivity index (χ3n) is 4.43. The van der Waals surface area contributed by atoms with E-state index in [9.17, 15) is 0 Å². The SMILES string of the molecule is CCCCCCCCCCCCCCCCN(C)CC. The summed E-state index contributed by atoms with van der Waals surface area (Å²) in [6.45, 7) is 7.01. The lowest BCUT2D eigenvalue weighted by Crippen LogP contribution is -2.18. The molecule has 0 aromatic carbocycles. The van der Waals surface area contributed by atoms with Crippen LogP contribution in [0, 0.1) is 0 Å². The van der Waals surface area contributed by atoms with E-state index in [4.69, 9.17) is 0 Å². The molecule has 0 aliphatic rings. The van der Waals surface area contributed by atoms with Gasteiger partial charge in [0, 0.05) is 0 Å². The van der Waals surface area contributed by atoms with Gasteiger partial charge in [0.25, 0.3) is 0 Å². The van der Waals surface area contributed by atoms with Gasteiger partial charge in [0.2, 0.25) is 0 Å². The Hall–Kier alpha value is -0.0400. The maximum atomic E-state index is 2.42. The summed E-state index contributed by atoms with van der Waals surface area (Å²) in [5.74, 6) is 0. The van der Waals surface area contributed by atoms with Gasteiger partial charge in [0.05, 0.1) is 0 Å². The molecule has 0 aromatic heterocycles. The Kier molecular flexibility index (Phi) is 17.0. The molecule has 0 N–H and O–H groups in total. The van der Waals surface area contributed by atoms with Gasteiger partial charge >= 0.3 is 0 Å². The van der Waals surface area contributed by atoms with E-state index in [1.54, 1.807) is 0 Å². The van der Waals surface area contributed by atoms with E-state index in [0.29, 0.717) is 0 Å². The quantitative estimate of drug-likeness (QED) is 0.295. The summed E-state index contributed by atoms with van der Waals surface area (Å²) in [7, 11) is 2.22. The Morgan fingerprint density at radius 1 is 0.500 bits per heavy atom. The molecule has 0 aliphatic carbocycles. The lowest BCUT2D eigenvalue weighted by atomic mass is 10.0. The summed E-state index contributed by atoms with van der Waals surface area (Å²) in [5, 5.41) is 0. The zero-order valence-electron chi connectivity index (χ0n) is 14.8. The molecule has 0 radical (unpaired) electrons. The van der Waals surface area contributed by atoms with E-state index in [1.165, 1.54) is 103 Å². The van der Waals surface area contributed by atoms with Crippen LogP contribution in [0.5, 0.6) is 0 Å². The average Bonchev–Trinajstić information content (AvgIpc) is 2.47. The van der Waals surface area contributed by atoms with Gasteiger partial charge in [-0.05, 0) is 26.6 Å².